The SMILES string of the molecule is Cc1cccc2cc(Cn3cnc4c(N)ncnc43)c(-c3ccccc3C(F)(F)F)nc12. The molecule has 5 rings (SSSR count). The minimum atomic E-state index is -4.51. The summed E-state index contributed by atoms with van der Waals surface area (Å²) in [5.74, 6) is 0.239. The Bertz CT molecular complexity index is 1470. The molecule has 2 aromatic carbocycles. The molecule has 0 aliphatic rings. The Balaban J connectivity index is 1.76. The van der Waals surface area contributed by atoms with Gasteiger partial charge in [-0.05, 0) is 30.2 Å². The van der Waals surface area contributed by atoms with Crippen molar-refractivity contribution in [2.24, 2.45) is 0 Å². The molecule has 0 saturated carbocycles. The average molecular weight is 434 g/mol. The van der Waals surface area contributed by atoms with Gasteiger partial charge in [0.2, 0.25) is 0 Å². The molecule has 0 aliphatic carbocycles. The van der Waals surface area contributed by atoms with Gasteiger partial charge in [-0.3, -0.25) is 0 Å². The lowest BCUT2D eigenvalue weighted by molar-refractivity contribution is -0.137. The summed E-state index contributed by atoms with van der Waals surface area (Å²) >= 11 is 0. The minimum absolute atomic E-state index is 0.0266. The highest BCUT2D eigenvalue weighted by Gasteiger charge is 2.34. The normalized spacial score (nSPS) is 12.0. The van der Waals surface area contributed by atoms with E-state index in [0.29, 0.717) is 22.2 Å². The van der Waals surface area contributed by atoms with Crippen molar-refractivity contribution in [2.45, 2.75) is 19.6 Å². The molecule has 0 fully saturated rings. The maximum atomic E-state index is 13.8. The standard InChI is InChI=1S/C23H17F3N6/c1-13-5-4-6-14-9-15(10-32-12-30-20-21(27)28-11-29-22(20)32)19(31-18(13)14)16-7-2-3-8-17(16)23(24,25)26/h2-9,11-12H,10H2,1H3,(H2,27,28,29). The molecule has 2 N–H and O–H groups in total. The quantitative estimate of drug-likeness (QED) is 0.432. The highest BCUT2D eigenvalue weighted by Crippen LogP contribution is 2.38. The fourth-order valence-electron chi connectivity index (χ4n) is 3.88. The zero-order chi connectivity index (χ0) is 22.5. The first-order valence-electron chi connectivity index (χ1n) is 9.80. The number of fused-ring (bicyclic) bond motifs is 2. The third-order valence-corrected chi connectivity index (χ3v) is 5.38. The third-order valence-electron chi connectivity index (χ3n) is 5.38. The van der Waals surface area contributed by atoms with Gasteiger partial charge in [0.1, 0.15) is 11.8 Å². The molecule has 0 unspecified atom stereocenters. The topological polar surface area (TPSA) is 82.5 Å². The number of aryl methyl sites for hydroxylation is 1. The summed E-state index contributed by atoms with van der Waals surface area (Å²) < 4.78 is 43.2. The number of alkyl halides is 3. The van der Waals surface area contributed by atoms with Gasteiger partial charge >= 0.3 is 6.18 Å². The Hall–Kier alpha value is -4.01. The molecule has 9 heteroatoms. The van der Waals surface area contributed by atoms with Crippen molar-refractivity contribution in [3.63, 3.8) is 0 Å². The molecule has 32 heavy (non-hydrogen) atoms. The molecule has 3 heterocycles. The molecule has 5 aromatic rings. The van der Waals surface area contributed by atoms with Crippen LogP contribution in [-0.4, -0.2) is 24.5 Å². The number of pyridine rings is 1. The molecule has 0 bridgehead atoms. The highest BCUT2D eigenvalue weighted by atomic mass is 19.4. The van der Waals surface area contributed by atoms with Gasteiger partial charge in [-0.2, -0.15) is 13.2 Å². The van der Waals surface area contributed by atoms with Crippen LogP contribution < -0.4 is 5.73 Å². The number of halogens is 3. The summed E-state index contributed by atoms with van der Waals surface area (Å²) in [6.45, 7) is 2.10. The average Bonchev–Trinajstić information content (AvgIpc) is 3.17. The number of anilines is 1. The fraction of sp³-hybridized carbons (Fsp3) is 0.130. The zero-order valence-electron chi connectivity index (χ0n) is 16.9. The summed E-state index contributed by atoms with van der Waals surface area (Å²) in [5.41, 5.74) is 8.52. The Kier molecular flexibility index (Phi) is 4.54. The second kappa shape index (κ2) is 7.30. The molecule has 0 saturated heterocycles. The number of benzene rings is 2. The smallest absolute Gasteiger partial charge is 0.382 e. The van der Waals surface area contributed by atoms with E-state index in [1.54, 1.807) is 17.0 Å². The number of rotatable bonds is 3. The number of imidazole rings is 1. The third kappa shape index (κ3) is 3.31. The zero-order valence-corrected chi connectivity index (χ0v) is 16.9. The van der Waals surface area contributed by atoms with E-state index in [1.807, 2.05) is 31.2 Å². The molecule has 0 amide bonds. The van der Waals surface area contributed by atoms with Crippen LogP contribution in [0.3, 0.4) is 0 Å². The lowest BCUT2D eigenvalue weighted by Gasteiger charge is -2.17. The van der Waals surface area contributed by atoms with Crippen LogP contribution in [0, 0.1) is 6.92 Å². The number of nitrogens with two attached hydrogens (primary N) is 1. The van der Waals surface area contributed by atoms with Crippen molar-refractivity contribution >= 4 is 27.9 Å². The van der Waals surface area contributed by atoms with Crippen molar-refractivity contribution in [3.8, 4) is 11.3 Å². The van der Waals surface area contributed by atoms with Gasteiger partial charge in [-0.25, -0.2) is 19.9 Å². The second-order valence-corrected chi connectivity index (χ2v) is 7.49. The van der Waals surface area contributed by atoms with E-state index in [0.717, 1.165) is 17.0 Å². The van der Waals surface area contributed by atoms with Gasteiger partial charge in [0.05, 0.1) is 29.6 Å². The summed E-state index contributed by atoms with van der Waals surface area (Å²) in [7, 11) is 0. The highest BCUT2D eigenvalue weighted by molar-refractivity contribution is 5.87. The van der Waals surface area contributed by atoms with Crippen LogP contribution in [0.2, 0.25) is 0 Å². The summed E-state index contributed by atoms with van der Waals surface area (Å²) in [6.07, 6.45) is -1.63. The molecular formula is C23H17F3N6. The maximum absolute atomic E-state index is 13.8. The van der Waals surface area contributed by atoms with Crippen molar-refractivity contribution in [1.82, 2.24) is 24.5 Å². The molecule has 0 spiro atoms. The van der Waals surface area contributed by atoms with E-state index in [-0.39, 0.29) is 23.6 Å². The van der Waals surface area contributed by atoms with E-state index in [2.05, 4.69) is 15.0 Å². The summed E-state index contributed by atoms with van der Waals surface area (Å²) in [6, 6.07) is 13.0. The van der Waals surface area contributed by atoms with Crippen LogP contribution in [0.4, 0.5) is 19.0 Å². The first kappa shape index (κ1) is 19.9. The van der Waals surface area contributed by atoms with Gasteiger partial charge in [0.25, 0.3) is 0 Å². The van der Waals surface area contributed by atoms with E-state index in [1.165, 1.54) is 18.5 Å². The number of nitrogen functional groups attached to an aromatic ring is 1. The molecule has 0 atom stereocenters. The van der Waals surface area contributed by atoms with E-state index in [4.69, 9.17) is 10.7 Å². The number of hydrogen-bond donors (Lipinski definition) is 1. The molecule has 160 valence electrons. The molecule has 6 nitrogen and oxygen atoms in total. The van der Waals surface area contributed by atoms with Gasteiger partial charge in [-0.15, -0.1) is 0 Å². The van der Waals surface area contributed by atoms with Crippen LogP contribution in [0.25, 0.3) is 33.3 Å². The Morgan fingerprint density at radius 3 is 2.59 bits per heavy atom. The molecular weight excluding hydrogens is 417 g/mol. The number of aromatic nitrogens is 5. The van der Waals surface area contributed by atoms with Gasteiger partial charge in [0, 0.05) is 10.9 Å². The first-order valence-corrected chi connectivity index (χ1v) is 9.80. The van der Waals surface area contributed by atoms with Crippen LogP contribution in [0.5, 0.6) is 0 Å². The van der Waals surface area contributed by atoms with Crippen LogP contribution >= 0.6 is 0 Å². The first-order chi connectivity index (χ1) is 15.3. The van der Waals surface area contributed by atoms with Crippen LogP contribution in [0.1, 0.15) is 16.7 Å². The van der Waals surface area contributed by atoms with E-state index >= 15 is 0 Å². The van der Waals surface area contributed by atoms with Crippen molar-refractivity contribution in [1.29, 1.82) is 0 Å². The monoisotopic (exact) mass is 434 g/mol. The largest absolute Gasteiger partial charge is 0.417 e. The lowest BCUT2D eigenvalue weighted by Crippen LogP contribution is -2.10. The second-order valence-electron chi connectivity index (χ2n) is 7.49. The van der Waals surface area contributed by atoms with Gasteiger partial charge < -0.3 is 10.3 Å². The van der Waals surface area contributed by atoms with Crippen LogP contribution in [-0.2, 0) is 12.7 Å². The van der Waals surface area contributed by atoms with Crippen molar-refractivity contribution < 1.29 is 13.2 Å². The minimum Gasteiger partial charge on any atom is -0.382 e. The lowest BCUT2D eigenvalue weighted by atomic mass is 9.97. The Morgan fingerprint density at radius 1 is 0.969 bits per heavy atom. The van der Waals surface area contributed by atoms with Gasteiger partial charge in [-0.1, -0.05) is 36.4 Å². The number of hydrogen-bond acceptors (Lipinski definition) is 5. The predicted octanol–water partition coefficient (Wildman–Crippen LogP) is 5.00. The number of para-hydroxylation sites is 1. The van der Waals surface area contributed by atoms with Crippen molar-refractivity contribution in [2.75, 3.05) is 5.73 Å². The van der Waals surface area contributed by atoms with Gasteiger partial charge in [0.15, 0.2) is 11.5 Å². The maximum Gasteiger partial charge on any atom is 0.417 e. The summed E-state index contributed by atoms with van der Waals surface area (Å²) in [5, 5.41) is 0.840. The molecule has 0 radical (unpaired) electrons. The fourth-order valence-corrected chi connectivity index (χ4v) is 3.88. The Labute approximate surface area is 180 Å². The van der Waals surface area contributed by atoms with Crippen LogP contribution in [0.15, 0.2) is 61.2 Å². The molecule has 0 aliphatic heterocycles. The molecule has 3 aromatic heterocycles. The number of nitrogens with zero attached hydrogens (tertiary/aromatic N) is 5. The summed E-state index contributed by atoms with van der Waals surface area (Å²) in [4.78, 5) is 17.1. The predicted molar refractivity (Wildman–Crippen MR) is 116 cm³/mol. The van der Waals surface area contributed by atoms with E-state index in [9.17, 15) is 13.2 Å². The van der Waals surface area contributed by atoms with E-state index < -0.39 is 11.7 Å². The van der Waals surface area contributed by atoms with Crippen molar-refractivity contribution in [3.05, 3.63) is 77.9 Å². The Morgan fingerprint density at radius 2 is 1.78 bits per heavy atom.